The molecule has 1 aromatic heterocycles. The highest BCUT2D eigenvalue weighted by Gasteiger charge is 2.48. The van der Waals surface area contributed by atoms with Crippen LogP contribution in [0, 0.1) is 11.8 Å². The van der Waals surface area contributed by atoms with Crippen molar-refractivity contribution >= 4 is 17.2 Å². The third kappa shape index (κ3) is 3.18. The molecule has 0 saturated carbocycles. The summed E-state index contributed by atoms with van der Waals surface area (Å²) in [6.07, 6.45) is 2.26. The fourth-order valence-corrected chi connectivity index (χ4v) is 4.50. The van der Waals surface area contributed by atoms with Crippen LogP contribution >= 0.6 is 11.3 Å². The molecule has 3 aliphatic heterocycles. The number of hydrogen-bond acceptors (Lipinski definition) is 5. The van der Waals surface area contributed by atoms with Crippen LogP contribution < -0.4 is 0 Å². The van der Waals surface area contributed by atoms with E-state index in [1.807, 2.05) is 22.4 Å². The van der Waals surface area contributed by atoms with Crippen molar-refractivity contribution in [3.63, 3.8) is 0 Å². The van der Waals surface area contributed by atoms with Gasteiger partial charge in [0.15, 0.2) is 0 Å². The maximum absolute atomic E-state index is 12.7. The van der Waals surface area contributed by atoms with Crippen molar-refractivity contribution in [1.82, 2.24) is 4.90 Å². The lowest BCUT2D eigenvalue weighted by molar-refractivity contribution is -0.0251. The zero-order chi connectivity index (χ0) is 15.6. The molecule has 3 saturated heterocycles. The van der Waals surface area contributed by atoms with Gasteiger partial charge in [-0.05, 0) is 30.2 Å². The summed E-state index contributed by atoms with van der Waals surface area (Å²) in [5, 5.41) is 1.95. The number of fused-ring (bicyclic) bond motifs is 1. The van der Waals surface area contributed by atoms with Crippen molar-refractivity contribution in [2.45, 2.75) is 25.0 Å². The van der Waals surface area contributed by atoms with Gasteiger partial charge in [-0.15, -0.1) is 11.3 Å². The summed E-state index contributed by atoms with van der Waals surface area (Å²) >= 11 is 1.50. The summed E-state index contributed by atoms with van der Waals surface area (Å²) in [5.74, 6) is 1.03. The minimum Gasteiger partial charge on any atom is -0.381 e. The molecule has 0 aliphatic carbocycles. The van der Waals surface area contributed by atoms with Gasteiger partial charge in [-0.25, -0.2) is 0 Å². The second kappa shape index (κ2) is 6.89. The SMILES string of the molecule is O=C(c1cccs1)N1C[C@@H](OCC2CCOCC2)[C@@H]2COC[C@@H]21. The largest absolute Gasteiger partial charge is 0.381 e. The molecule has 23 heavy (non-hydrogen) atoms. The van der Waals surface area contributed by atoms with Crippen LogP contribution in [0.2, 0.25) is 0 Å². The Morgan fingerprint density at radius 3 is 2.96 bits per heavy atom. The average Bonchev–Trinajstić information content (AvgIpc) is 3.31. The van der Waals surface area contributed by atoms with Gasteiger partial charge in [-0.2, -0.15) is 0 Å². The Hall–Kier alpha value is -0.950. The van der Waals surface area contributed by atoms with E-state index in [0.717, 1.165) is 37.5 Å². The van der Waals surface area contributed by atoms with Gasteiger partial charge in [0.05, 0.1) is 36.8 Å². The maximum Gasteiger partial charge on any atom is 0.264 e. The van der Waals surface area contributed by atoms with E-state index in [-0.39, 0.29) is 18.1 Å². The van der Waals surface area contributed by atoms with Gasteiger partial charge in [-0.3, -0.25) is 4.79 Å². The molecule has 1 aromatic rings. The summed E-state index contributed by atoms with van der Waals surface area (Å²) in [5.41, 5.74) is 0. The van der Waals surface area contributed by atoms with E-state index in [9.17, 15) is 4.79 Å². The van der Waals surface area contributed by atoms with E-state index < -0.39 is 0 Å². The van der Waals surface area contributed by atoms with E-state index in [4.69, 9.17) is 14.2 Å². The molecule has 6 heteroatoms. The van der Waals surface area contributed by atoms with Crippen LogP contribution in [0.4, 0.5) is 0 Å². The number of rotatable bonds is 4. The van der Waals surface area contributed by atoms with Crippen molar-refractivity contribution in [3.05, 3.63) is 22.4 Å². The third-order valence-electron chi connectivity index (χ3n) is 5.23. The zero-order valence-corrected chi connectivity index (χ0v) is 14.0. The lowest BCUT2D eigenvalue weighted by atomic mass is 10.00. The predicted octanol–water partition coefficient (Wildman–Crippen LogP) is 2.03. The van der Waals surface area contributed by atoms with Gasteiger partial charge >= 0.3 is 0 Å². The van der Waals surface area contributed by atoms with Crippen LogP contribution in [-0.4, -0.2) is 62.5 Å². The number of amides is 1. The van der Waals surface area contributed by atoms with Crippen LogP contribution in [0.25, 0.3) is 0 Å². The Morgan fingerprint density at radius 2 is 2.17 bits per heavy atom. The molecule has 3 aliphatic rings. The minimum absolute atomic E-state index is 0.106. The van der Waals surface area contributed by atoms with E-state index in [1.165, 1.54) is 11.3 Å². The Bertz CT molecular complexity index is 529. The van der Waals surface area contributed by atoms with Crippen molar-refractivity contribution < 1.29 is 19.0 Å². The molecule has 3 atom stereocenters. The maximum atomic E-state index is 12.7. The molecule has 0 unspecified atom stereocenters. The molecule has 0 aromatic carbocycles. The number of carbonyl (C=O) groups excluding carboxylic acids is 1. The summed E-state index contributed by atoms with van der Waals surface area (Å²) in [7, 11) is 0. The zero-order valence-electron chi connectivity index (χ0n) is 13.2. The second-order valence-corrected chi connectivity index (χ2v) is 7.58. The van der Waals surface area contributed by atoms with E-state index in [1.54, 1.807) is 0 Å². The van der Waals surface area contributed by atoms with Gasteiger partial charge in [0, 0.05) is 25.7 Å². The molecular weight excluding hydrogens is 314 g/mol. The monoisotopic (exact) mass is 337 g/mol. The van der Waals surface area contributed by atoms with Gasteiger partial charge in [0.1, 0.15) is 0 Å². The lowest BCUT2D eigenvalue weighted by Gasteiger charge is -2.25. The fraction of sp³-hybridized carbons (Fsp3) is 0.706. The first-order chi connectivity index (χ1) is 11.3. The Kier molecular flexibility index (Phi) is 4.66. The smallest absolute Gasteiger partial charge is 0.264 e. The van der Waals surface area contributed by atoms with Gasteiger partial charge in [0.2, 0.25) is 0 Å². The third-order valence-corrected chi connectivity index (χ3v) is 6.09. The van der Waals surface area contributed by atoms with Gasteiger partial charge in [0.25, 0.3) is 5.91 Å². The molecule has 4 rings (SSSR count). The van der Waals surface area contributed by atoms with E-state index in [0.29, 0.717) is 31.6 Å². The summed E-state index contributed by atoms with van der Waals surface area (Å²) in [6.45, 7) is 4.50. The standard InChI is InChI=1S/C17H23NO4S/c19-17(16-2-1-7-23-16)18-8-15(13-10-21-11-14(13)18)22-9-12-3-5-20-6-4-12/h1-2,7,12-15H,3-6,8-11H2/t13-,14+,15-/m1/s1. The van der Waals surface area contributed by atoms with Crippen LogP contribution in [-0.2, 0) is 14.2 Å². The van der Waals surface area contributed by atoms with Crippen molar-refractivity contribution in [2.24, 2.45) is 11.8 Å². The predicted molar refractivity (Wildman–Crippen MR) is 86.7 cm³/mol. The van der Waals surface area contributed by atoms with Crippen molar-refractivity contribution in [3.8, 4) is 0 Å². The first-order valence-corrected chi connectivity index (χ1v) is 9.32. The number of ether oxygens (including phenoxy) is 3. The summed E-state index contributed by atoms with van der Waals surface area (Å²) in [6, 6.07) is 3.99. The summed E-state index contributed by atoms with van der Waals surface area (Å²) < 4.78 is 17.3. The topological polar surface area (TPSA) is 48.0 Å². The quantitative estimate of drug-likeness (QED) is 0.843. The molecule has 3 fully saturated rings. The molecule has 0 spiro atoms. The van der Waals surface area contributed by atoms with Gasteiger partial charge in [-0.1, -0.05) is 6.07 Å². The molecule has 0 N–H and O–H groups in total. The first kappa shape index (κ1) is 15.6. The van der Waals surface area contributed by atoms with Crippen LogP contribution in [0.15, 0.2) is 17.5 Å². The number of hydrogen-bond donors (Lipinski definition) is 0. The second-order valence-electron chi connectivity index (χ2n) is 6.63. The van der Waals surface area contributed by atoms with Crippen molar-refractivity contribution in [2.75, 3.05) is 39.6 Å². The number of likely N-dealkylation sites (tertiary alicyclic amines) is 1. The molecule has 126 valence electrons. The Labute approximate surface area is 140 Å². The van der Waals surface area contributed by atoms with Crippen LogP contribution in [0.1, 0.15) is 22.5 Å². The number of carbonyl (C=O) groups is 1. The number of thiophene rings is 1. The van der Waals surface area contributed by atoms with E-state index in [2.05, 4.69) is 0 Å². The highest BCUT2D eigenvalue weighted by Crippen LogP contribution is 2.34. The average molecular weight is 337 g/mol. The first-order valence-electron chi connectivity index (χ1n) is 8.44. The minimum atomic E-state index is 0.106. The molecule has 0 radical (unpaired) electrons. The van der Waals surface area contributed by atoms with Gasteiger partial charge < -0.3 is 19.1 Å². The van der Waals surface area contributed by atoms with Crippen LogP contribution in [0.3, 0.4) is 0 Å². The normalized spacial score (nSPS) is 31.5. The fourth-order valence-electron chi connectivity index (χ4n) is 3.82. The molecule has 5 nitrogen and oxygen atoms in total. The Balaban J connectivity index is 1.39. The molecule has 0 bridgehead atoms. The molecule has 1 amide bonds. The number of nitrogens with zero attached hydrogens (tertiary/aromatic N) is 1. The van der Waals surface area contributed by atoms with Crippen molar-refractivity contribution in [1.29, 1.82) is 0 Å². The van der Waals surface area contributed by atoms with Crippen LogP contribution in [0.5, 0.6) is 0 Å². The highest BCUT2D eigenvalue weighted by atomic mass is 32.1. The highest BCUT2D eigenvalue weighted by molar-refractivity contribution is 7.12. The molecule has 4 heterocycles. The summed E-state index contributed by atoms with van der Waals surface area (Å²) in [4.78, 5) is 15.5. The van der Waals surface area contributed by atoms with E-state index >= 15 is 0 Å². The Morgan fingerprint density at radius 1 is 1.30 bits per heavy atom. The lowest BCUT2D eigenvalue weighted by Crippen LogP contribution is -2.37. The molecular formula is C17H23NO4S.